The Morgan fingerprint density at radius 3 is 2.41 bits per heavy atom. The summed E-state index contributed by atoms with van der Waals surface area (Å²) in [5.41, 5.74) is -0.268. The van der Waals surface area contributed by atoms with E-state index >= 15 is 0 Å². The van der Waals surface area contributed by atoms with Crippen LogP contribution in [-0.4, -0.2) is 49.7 Å². The van der Waals surface area contributed by atoms with Crippen molar-refractivity contribution in [3.05, 3.63) is 0 Å². The molecule has 0 amide bonds. The third-order valence-corrected chi connectivity index (χ3v) is 3.24. The van der Waals surface area contributed by atoms with E-state index in [1.165, 1.54) is 12.8 Å². The Labute approximate surface area is 105 Å². The summed E-state index contributed by atoms with van der Waals surface area (Å²) in [6.07, 6.45) is 2.43. The van der Waals surface area contributed by atoms with Crippen LogP contribution >= 0.6 is 0 Å². The van der Waals surface area contributed by atoms with Gasteiger partial charge in [-0.25, -0.2) is 0 Å². The first-order chi connectivity index (χ1) is 8.04. The highest BCUT2D eigenvalue weighted by Crippen LogP contribution is 2.40. The Bertz CT molecular complexity index is 219. The molecule has 0 radical (unpaired) electrons. The summed E-state index contributed by atoms with van der Waals surface area (Å²) >= 11 is 0. The number of aliphatic hydroxyl groups is 1. The normalized spacial score (nSPS) is 21.5. The fraction of sp³-hybridized carbons (Fsp3) is 1.00. The Morgan fingerprint density at radius 2 is 2.00 bits per heavy atom. The number of methoxy groups -OCH3 is 1. The molecule has 1 aliphatic carbocycles. The maximum Gasteiger partial charge on any atom is 0.0781 e. The average Bonchev–Trinajstić information content (AvgIpc) is 3.08. The fourth-order valence-electron chi connectivity index (χ4n) is 2.28. The van der Waals surface area contributed by atoms with Gasteiger partial charge in [-0.05, 0) is 25.7 Å². The minimum Gasteiger partial charge on any atom is -0.394 e. The number of aliphatic hydroxyl groups excluding tert-OH is 1. The van der Waals surface area contributed by atoms with Crippen molar-refractivity contribution in [2.45, 2.75) is 51.3 Å². The molecule has 1 fully saturated rings. The first-order valence-corrected chi connectivity index (χ1v) is 6.53. The van der Waals surface area contributed by atoms with E-state index in [1.54, 1.807) is 7.11 Å². The highest BCUT2D eigenvalue weighted by Gasteiger charge is 2.45. The molecule has 2 N–H and O–H groups in total. The van der Waals surface area contributed by atoms with Gasteiger partial charge in [0.25, 0.3) is 0 Å². The van der Waals surface area contributed by atoms with Crippen LogP contribution in [0.2, 0.25) is 0 Å². The molecule has 102 valence electrons. The summed E-state index contributed by atoms with van der Waals surface area (Å²) in [5.74, 6) is 0.546. The standard InChI is InChI=1S/C13H27NO3/c1-10(2)14-13(8-15,12-5-6-12)9-17-11(3)7-16-4/h10-12,14-15H,5-9H2,1-4H3. The highest BCUT2D eigenvalue weighted by molar-refractivity contribution is 5.01. The lowest BCUT2D eigenvalue weighted by Crippen LogP contribution is -2.57. The zero-order chi connectivity index (χ0) is 12.9. The Hall–Kier alpha value is -0.160. The second-order valence-electron chi connectivity index (χ2n) is 5.46. The largest absolute Gasteiger partial charge is 0.394 e. The van der Waals surface area contributed by atoms with Gasteiger partial charge >= 0.3 is 0 Å². The van der Waals surface area contributed by atoms with Crippen molar-refractivity contribution in [1.29, 1.82) is 0 Å². The molecule has 4 heteroatoms. The second-order valence-corrected chi connectivity index (χ2v) is 5.46. The molecule has 2 unspecified atom stereocenters. The van der Waals surface area contributed by atoms with Crippen LogP contribution < -0.4 is 5.32 Å². The first-order valence-electron chi connectivity index (χ1n) is 6.53. The lowest BCUT2D eigenvalue weighted by atomic mass is 9.94. The van der Waals surface area contributed by atoms with E-state index in [1.807, 2.05) is 6.92 Å². The van der Waals surface area contributed by atoms with Gasteiger partial charge in [0.1, 0.15) is 0 Å². The molecule has 0 spiro atoms. The van der Waals surface area contributed by atoms with Crippen LogP contribution in [0.1, 0.15) is 33.6 Å². The van der Waals surface area contributed by atoms with Gasteiger partial charge in [0.15, 0.2) is 0 Å². The molecule has 0 aromatic carbocycles. The lowest BCUT2D eigenvalue weighted by molar-refractivity contribution is -0.0405. The number of nitrogens with one attached hydrogen (secondary N) is 1. The number of hydrogen-bond acceptors (Lipinski definition) is 4. The van der Waals surface area contributed by atoms with Crippen molar-refractivity contribution in [2.75, 3.05) is 26.9 Å². The molecule has 0 aromatic heterocycles. The smallest absolute Gasteiger partial charge is 0.0781 e. The minimum atomic E-state index is -0.268. The summed E-state index contributed by atoms with van der Waals surface area (Å²) in [7, 11) is 1.67. The Balaban J connectivity index is 2.50. The molecule has 1 rings (SSSR count). The maximum absolute atomic E-state index is 9.70. The van der Waals surface area contributed by atoms with Gasteiger partial charge in [0.05, 0.1) is 31.5 Å². The molecule has 0 saturated heterocycles. The van der Waals surface area contributed by atoms with Gasteiger partial charge in [-0.3, -0.25) is 0 Å². The van der Waals surface area contributed by atoms with Crippen LogP contribution in [0.25, 0.3) is 0 Å². The number of rotatable bonds is 9. The third kappa shape index (κ3) is 4.54. The van der Waals surface area contributed by atoms with Gasteiger partial charge in [-0.2, -0.15) is 0 Å². The van der Waals surface area contributed by atoms with E-state index in [9.17, 15) is 5.11 Å². The van der Waals surface area contributed by atoms with Crippen LogP contribution in [0.3, 0.4) is 0 Å². The molecular formula is C13H27NO3. The Kier molecular flexibility index (Phi) is 5.86. The molecule has 0 aliphatic heterocycles. The summed E-state index contributed by atoms with van der Waals surface area (Å²) in [4.78, 5) is 0. The summed E-state index contributed by atoms with van der Waals surface area (Å²) in [6, 6.07) is 0.351. The molecule has 1 saturated carbocycles. The van der Waals surface area contributed by atoms with Gasteiger partial charge in [-0.15, -0.1) is 0 Å². The molecule has 0 bridgehead atoms. The molecule has 2 atom stereocenters. The van der Waals surface area contributed by atoms with Crippen molar-refractivity contribution in [2.24, 2.45) is 5.92 Å². The van der Waals surface area contributed by atoms with Crippen molar-refractivity contribution in [1.82, 2.24) is 5.32 Å². The van der Waals surface area contributed by atoms with Gasteiger partial charge in [-0.1, -0.05) is 13.8 Å². The van der Waals surface area contributed by atoms with Gasteiger partial charge in [0.2, 0.25) is 0 Å². The monoisotopic (exact) mass is 245 g/mol. The van der Waals surface area contributed by atoms with Crippen LogP contribution in [0.15, 0.2) is 0 Å². The topological polar surface area (TPSA) is 50.7 Å². The van der Waals surface area contributed by atoms with Crippen molar-refractivity contribution in [3.63, 3.8) is 0 Å². The number of hydrogen-bond donors (Lipinski definition) is 2. The molecule has 4 nitrogen and oxygen atoms in total. The minimum absolute atomic E-state index is 0.0682. The Morgan fingerprint density at radius 1 is 1.35 bits per heavy atom. The van der Waals surface area contributed by atoms with Crippen LogP contribution in [0.4, 0.5) is 0 Å². The summed E-state index contributed by atoms with van der Waals surface area (Å²) in [5, 5.41) is 13.2. The lowest BCUT2D eigenvalue weighted by Gasteiger charge is -2.36. The average molecular weight is 245 g/mol. The predicted molar refractivity (Wildman–Crippen MR) is 68.1 cm³/mol. The van der Waals surface area contributed by atoms with Crippen LogP contribution in [-0.2, 0) is 9.47 Å². The molecular weight excluding hydrogens is 218 g/mol. The zero-order valence-corrected chi connectivity index (χ0v) is 11.5. The van der Waals surface area contributed by atoms with E-state index in [0.717, 1.165) is 0 Å². The fourth-order valence-corrected chi connectivity index (χ4v) is 2.28. The van der Waals surface area contributed by atoms with E-state index in [2.05, 4.69) is 19.2 Å². The van der Waals surface area contributed by atoms with Crippen LogP contribution in [0, 0.1) is 5.92 Å². The van der Waals surface area contributed by atoms with E-state index in [-0.39, 0.29) is 18.2 Å². The molecule has 1 aliphatic rings. The third-order valence-electron chi connectivity index (χ3n) is 3.24. The zero-order valence-electron chi connectivity index (χ0n) is 11.5. The van der Waals surface area contributed by atoms with E-state index < -0.39 is 0 Å². The quantitative estimate of drug-likeness (QED) is 0.640. The van der Waals surface area contributed by atoms with Crippen molar-refractivity contribution >= 4 is 0 Å². The highest BCUT2D eigenvalue weighted by atomic mass is 16.5. The van der Waals surface area contributed by atoms with E-state index in [0.29, 0.717) is 25.2 Å². The summed E-state index contributed by atoms with van der Waals surface area (Å²) in [6.45, 7) is 7.48. The van der Waals surface area contributed by atoms with Crippen molar-refractivity contribution < 1.29 is 14.6 Å². The van der Waals surface area contributed by atoms with Crippen LogP contribution in [0.5, 0.6) is 0 Å². The SMILES string of the molecule is COCC(C)OCC(CO)(NC(C)C)C1CC1. The molecule has 17 heavy (non-hydrogen) atoms. The number of ether oxygens (including phenoxy) is 2. The first kappa shape index (κ1) is 14.9. The maximum atomic E-state index is 9.70. The van der Waals surface area contributed by atoms with Gasteiger partial charge < -0.3 is 19.9 Å². The second kappa shape index (κ2) is 6.69. The summed E-state index contributed by atoms with van der Waals surface area (Å²) < 4.78 is 10.8. The van der Waals surface area contributed by atoms with Crippen molar-refractivity contribution in [3.8, 4) is 0 Å². The van der Waals surface area contributed by atoms with Gasteiger partial charge in [0, 0.05) is 13.2 Å². The predicted octanol–water partition coefficient (Wildman–Crippen LogP) is 1.18. The van der Waals surface area contributed by atoms with E-state index in [4.69, 9.17) is 9.47 Å². The molecule has 0 aromatic rings. The molecule has 0 heterocycles.